The van der Waals surface area contributed by atoms with E-state index in [1.54, 1.807) is 0 Å². The van der Waals surface area contributed by atoms with E-state index < -0.39 is 0 Å². The van der Waals surface area contributed by atoms with Gasteiger partial charge in [-0.05, 0) is 98.7 Å². The number of hydrogen-bond donors (Lipinski definition) is 1. The van der Waals surface area contributed by atoms with Crippen LogP contribution in [0.4, 0.5) is 0 Å². The minimum Gasteiger partial charge on any atom is -0.490 e. The molecule has 1 amide bonds. The highest BCUT2D eigenvalue weighted by molar-refractivity contribution is 5.90. The molecule has 5 saturated carbocycles. The number of nitrogens with zero attached hydrogens (tertiary/aromatic N) is 1. The first-order valence-electron chi connectivity index (χ1n) is 13.2. The molecule has 5 aliphatic carbocycles. The van der Waals surface area contributed by atoms with Gasteiger partial charge in [0, 0.05) is 12.3 Å². The van der Waals surface area contributed by atoms with Gasteiger partial charge in [-0.2, -0.15) is 0 Å². The second kappa shape index (κ2) is 8.64. The number of ether oxygens (including phenoxy) is 1. The number of aliphatic imine (C=N–C) groups is 1. The van der Waals surface area contributed by atoms with E-state index in [1.807, 2.05) is 24.4 Å². The van der Waals surface area contributed by atoms with Crippen molar-refractivity contribution in [1.29, 1.82) is 0 Å². The van der Waals surface area contributed by atoms with Gasteiger partial charge in [0.25, 0.3) is 5.91 Å². The average Bonchev–Trinajstić information content (AvgIpc) is 2.86. The molecular formula is C30H36N2O2. The van der Waals surface area contributed by atoms with Crippen molar-refractivity contribution in [1.82, 2.24) is 0 Å². The highest BCUT2D eigenvalue weighted by atomic mass is 16.5. The monoisotopic (exact) mass is 456 g/mol. The second-order valence-corrected chi connectivity index (χ2v) is 11.6. The zero-order valence-electron chi connectivity index (χ0n) is 19.9. The van der Waals surface area contributed by atoms with Crippen molar-refractivity contribution in [3.63, 3.8) is 0 Å². The molecule has 2 unspecified atom stereocenters. The van der Waals surface area contributed by atoms with Crippen LogP contribution in [0.25, 0.3) is 0 Å². The van der Waals surface area contributed by atoms with E-state index in [2.05, 4.69) is 47.5 Å². The normalized spacial score (nSPS) is 38.8. The molecular weight excluding hydrogens is 420 g/mol. The molecule has 0 radical (unpaired) electrons. The van der Waals surface area contributed by atoms with Gasteiger partial charge in [0.05, 0.1) is 5.41 Å². The van der Waals surface area contributed by atoms with Gasteiger partial charge in [0.1, 0.15) is 11.9 Å². The Morgan fingerprint density at radius 2 is 1.50 bits per heavy atom. The predicted octanol–water partition coefficient (Wildman–Crippen LogP) is 5.70. The lowest BCUT2D eigenvalue weighted by Crippen LogP contribution is -2.62. The highest BCUT2D eigenvalue weighted by Gasteiger charge is 2.64. The summed E-state index contributed by atoms with van der Waals surface area (Å²) in [4.78, 5) is 18.4. The van der Waals surface area contributed by atoms with Crippen molar-refractivity contribution < 1.29 is 9.53 Å². The minimum atomic E-state index is -0.347. The van der Waals surface area contributed by atoms with E-state index in [4.69, 9.17) is 10.5 Å². The first-order chi connectivity index (χ1) is 16.6. The Bertz CT molecular complexity index is 1030. The molecule has 0 saturated heterocycles. The number of amides is 1. The molecule has 2 aromatic carbocycles. The van der Waals surface area contributed by atoms with Gasteiger partial charge in [0.15, 0.2) is 0 Å². The van der Waals surface area contributed by atoms with E-state index >= 15 is 0 Å². The maximum absolute atomic E-state index is 13.8. The molecule has 2 N–H and O–H groups in total. The number of hydrogen-bond acceptors (Lipinski definition) is 3. The van der Waals surface area contributed by atoms with Crippen LogP contribution in [0.3, 0.4) is 0 Å². The standard InChI is InChI=1S/C30H36N2O2/c31-25-13-11-21(12-14-25)19-32-28(33)30-17-22-15-29(20-30,24-7-3-1-4-8-24)16-23(18-30)27(22)34-26-9-5-2-6-10-26/h1-10,19,21-23,25,27H,11-18,20,31H2. The van der Waals surface area contributed by atoms with E-state index in [-0.39, 0.29) is 22.8 Å². The van der Waals surface area contributed by atoms with Crippen molar-refractivity contribution in [2.75, 3.05) is 0 Å². The average molecular weight is 457 g/mol. The molecule has 2 aromatic rings. The Kier molecular flexibility index (Phi) is 5.60. The lowest BCUT2D eigenvalue weighted by atomic mass is 9.42. The molecule has 2 atom stereocenters. The van der Waals surface area contributed by atoms with Crippen LogP contribution in [-0.4, -0.2) is 24.3 Å². The number of benzene rings is 2. The lowest BCUT2D eigenvalue weighted by Gasteiger charge is -2.63. The van der Waals surface area contributed by atoms with E-state index in [9.17, 15) is 4.79 Å². The van der Waals surface area contributed by atoms with Crippen LogP contribution in [0.2, 0.25) is 0 Å². The third kappa shape index (κ3) is 3.90. The van der Waals surface area contributed by atoms with Crippen molar-refractivity contribution >= 4 is 12.1 Å². The van der Waals surface area contributed by atoms with E-state index in [0.29, 0.717) is 23.8 Å². The Morgan fingerprint density at radius 3 is 2.15 bits per heavy atom. The van der Waals surface area contributed by atoms with Crippen molar-refractivity contribution in [2.24, 2.45) is 33.9 Å². The molecule has 4 heteroatoms. The number of carbonyl (C=O) groups is 1. The smallest absolute Gasteiger partial charge is 0.251 e. The van der Waals surface area contributed by atoms with Crippen molar-refractivity contribution in [2.45, 2.75) is 75.3 Å². The summed E-state index contributed by atoms with van der Waals surface area (Å²) < 4.78 is 6.60. The highest BCUT2D eigenvalue weighted by Crippen LogP contribution is 2.66. The quantitative estimate of drug-likeness (QED) is 0.587. The molecule has 34 heavy (non-hydrogen) atoms. The Hall–Kier alpha value is -2.46. The van der Waals surface area contributed by atoms with Crippen LogP contribution in [0.1, 0.15) is 63.4 Å². The number of nitrogens with two attached hydrogens (primary N) is 1. The fourth-order valence-electron chi connectivity index (χ4n) is 7.94. The van der Waals surface area contributed by atoms with Crippen molar-refractivity contribution in [3.05, 3.63) is 66.2 Å². The van der Waals surface area contributed by atoms with Crippen LogP contribution in [-0.2, 0) is 10.2 Å². The molecule has 7 rings (SSSR count). The van der Waals surface area contributed by atoms with Gasteiger partial charge in [-0.15, -0.1) is 0 Å². The van der Waals surface area contributed by atoms with Crippen molar-refractivity contribution in [3.8, 4) is 5.75 Å². The Labute approximate surface area is 203 Å². The molecule has 4 bridgehead atoms. The van der Waals surface area contributed by atoms with Crippen LogP contribution >= 0.6 is 0 Å². The van der Waals surface area contributed by atoms with Crippen LogP contribution in [0.15, 0.2) is 65.7 Å². The summed E-state index contributed by atoms with van der Waals surface area (Å²) >= 11 is 0. The van der Waals surface area contributed by atoms with Crippen LogP contribution in [0.5, 0.6) is 5.75 Å². The summed E-state index contributed by atoms with van der Waals surface area (Å²) in [6.45, 7) is 0. The summed E-state index contributed by atoms with van der Waals surface area (Å²) in [5.41, 5.74) is 7.18. The summed E-state index contributed by atoms with van der Waals surface area (Å²) in [6, 6.07) is 21.4. The maximum Gasteiger partial charge on any atom is 0.251 e. The molecule has 178 valence electrons. The zero-order chi connectivity index (χ0) is 23.2. The lowest BCUT2D eigenvalue weighted by molar-refractivity contribution is -0.161. The fraction of sp³-hybridized carbons (Fsp3) is 0.533. The maximum atomic E-state index is 13.8. The molecule has 0 spiro atoms. The van der Waals surface area contributed by atoms with Gasteiger partial charge < -0.3 is 10.5 Å². The van der Waals surface area contributed by atoms with E-state index in [1.165, 1.54) is 5.56 Å². The molecule has 5 fully saturated rings. The van der Waals surface area contributed by atoms with Gasteiger partial charge in [-0.3, -0.25) is 4.79 Å². The minimum absolute atomic E-state index is 0.0619. The first kappa shape index (κ1) is 22.0. The second-order valence-electron chi connectivity index (χ2n) is 11.6. The fourth-order valence-corrected chi connectivity index (χ4v) is 7.94. The SMILES string of the molecule is NC1CCC(C=NC(=O)C23CC4CC(c5ccccc5)(CC(C2)C4Oc2ccccc2)C3)CC1. The summed E-state index contributed by atoms with van der Waals surface area (Å²) in [6.07, 6.45) is 11.3. The molecule has 0 aromatic heterocycles. The Morgan fingerprint density at radius 1 is 0.882 bits per heavy atom. The number of rotatable bonds is 5. The summed E-state index contributed by atoms with van der Waals surface area (Å²) in [5, 5.41) is 0. The third-order valence-corrected chi connectivity index (χ3v) is 9.29. The summed E-state index contributed by atoms with van der Waals surface area (Å²) in [7, 11) is 0. The molecule has 0 aliphatic heterocycles. The van der Waals surface area contributed by atoms with Gasteiger partial charge in [-0.25, -0.2) is 4.99 Å². The largest absolute Gasteiger partial charge is 0.490 e. The van der Waals surface area contributed by atoms with Crippen LogP contribution < -0.4 is 10.5 Å². The van der Waals surface area contributed by atoms with E-state index in [0.717, 1.165) is 63.5 Å². The third-order valence-electron chi connectivity index (χ3n) is 9.29. The molecule has 0 heterocycles. The van der Waals surface area contributed by atoms with Gasteiger partial charge >= 0.3 is 0 Å². The number of para-hydroxylation sites is 1. The van der Waals surface area contributed by atoms with Gasteiger partial charge in [0.2, 0.25) is 0 Å². The molecule has 4 nitrogen and oxygen atoms in total. The first-order valence-corrected chi connectivity index (χ1v) is 13.2. The summed E-state index contributed by atoms with van der Waals surface area (Å²) in [5.74, 6) is 2.23. The Balaban J connectivity index is 1.28. The predicted molar refractivity (Wildman–Crippen MR) is 135 cm³/mol. The van der Waals surface area contributed by atoms with Crippen LogP contribution in [0, 0.1) is 23.2 Å². The topological polar surface area (TPSA) is 64.7 Å². The zero-order valence-corrected chi connectivity index (χ0v) is 19.9. The molecule has 5 aliphatic rings. The number of carbonyl (C=O) groups excluding carboxylic acids is 1. The van der Waals surface area contributed by atoms with Gasteiger partial charge in [-0.1, -0.05) is 48.5 Å².